The largest absolute Gasteiger partial charge is 0.346 e. The second-order valence-electron chi connectivity index (χ2n) is 6.37. The molecule has 3 rings (SSSR count). The number of anilines is 1. The van der Waals surface area contributed by atoms with Crippen LogP contribution < -0.4 is 10.3 Å². The second-order valence-corrected chi connectivity index (χ2v) is 6.37. The molecular formula is C16H21N7O. The SMILES string of the molecule is CN(c1ncc2cc[nH]c2n1)N1CCCC(C)(C(=O)NCC#N)C1. The normalized spacial score (nSPS) is 21.4. The average molecular weight is 327 g/mol. The number of nitrogens with zero attached hydrogens (tertiary/aromatic N) is 5. The Bertz CT molecular complexity index is 780. The second kappa shape index (κ2) is 6.45. The molecule has 8 heteroatoms. The number of rotatable bonds is 4. The number of aromatic nitrogens is 3. The fourth-order valence-corrected chi connectivity index (χ4v) is 3.10. The molecule has 1 fully saturated rings. The van der Waals surface area contributed by atoms with Crippen molar-refractivity contribution in [3.8, 4) is 6.07 Å². The molecule has 1 atom stereocenters. The van der Waals surface area contributed by atoms with Gasteiger partial charge in [-0.15, -0.1) is 0 Å². The van der Waals surface area contributed by atoms with Crippen LogP contribution in [0.5, 0.6) is 0 Å². The fourth-order valence-electron chi connectivity index (χ4n) is 3.10. The number of piperidine rings is 1. The molecule has 24 heavy (non-hydrogen) atoms. The van der Waals surface area contributed by atoms with Gasteiger partial charge in [-0.05, 0) is 25.8 Å². The van der Waals surface area contributed by atoms with Gasteiger partial charge in [-0.25, -0.2) is 9.99 Å². The van der Waals surface area contributed by atoms with E-state index in [-0.39, 0.29) is 12.5 Å². The Balaban J connectivity index is 1.75. The van der Waals surface area contributed by atoms with E-state index in [9.17, 15) is 4.79 Å². The van der Waals surface area contributed by atoms with Gasteiger partial charge in [-0.3, -0.25) is 9.80 Å². The molecule has 8 nitrogen and oxygen atoms in total. The summed E-state index contributed by atoms with van der Waals surface area (Å²) in [7, 11) is 1.91. The van der Waals surface area contributed by atoms with Crippen molar-refractivity contribution in [1.82, 2.24) is 25.3 Å². The highest BCUT2D eigenvalue weighted by molar-refractivity contribution is 5.82. The monoisotopic (exact) mass is 327 g/mol. The predicted octanol–water partition coefficient (Wildman–Crippen LogP) is 1.05. The minimum absolute atomic E-state index is 0.0386. The first-order valence-corrected chi connectivity index (χ1v) is 7.97. The number of hydrogen-bond donors (Lipinski definition) is 2. The number of H-pyrrole nitrogens is 1. The summed E-state index contributed by atoms with van der Waals surface area (Å²) in [5.74, 6) is 0.509. The number of amides is 1. The van der Waals surface area contributed by atoms with Crippen molar-refractivity contribution in [1.29, 1.82) is 5.26 Å². The highest BCUT2D eigenvalue weighted by Crippen LogP contribution is 2.31. The molecule has 1 unspecified atom stereocenters. The summed E-state index contributed by atoms with van der Waals surface area (Å²) >= 11 is 0. The highest BCUT2D eigenvalue weighted by Gasteiger charge is 2.39. The van der Waals surface area contributed by atoms with Crippen LogP contribution in [0.1, 0.15) is 19.8 Å². The van der Waals surface area contributed by atoms with Crippen molar-refractivity contribution in [2.75, 3.05) is 31.7 Å². The molecule has 2 aromatic heterocycles. The van der Waals surface area contributed by atoms with Gasteiger partial charge >= 0.3 is 0 Å². The molecule has 1 saturated heterocycles. The van der Waals surface area contributed by atoms with Crippen LogP contribution in [0, 0.1) is 16.7 Å². The summed E-state index contributed by atoms with van der Waals surface area (Å²) < 4.78 is 0. The molecule has 0 spiro atoms. The number of carbonyl (C=O) groups is 1. The Labute approximate surface area is 140 Å². The molecular weight excluding hydrogens is 306 g/mol. The Hall–Kier alpha value is -2.66. The third-order valence-corrected chi connectivity index (χ3v) is 4.55. The summed E-state index contributed by atoms with van der Waals surface area (Å²) in [4.78, 5) is 24.4. The minimum Gasteiger partial charge on any atom is -0.346 e. The molecule has 0 aliphatic carbocycles. The van der Waals surface area contributed by atoms with Crippen LogP contribution in [0.25, 0.3) is 11.0 Å². The first-order valence-electron chi connectivity index (χ1n) is 7.97. The lowest BCUT2D eigenvalue weighted by Crippen LogP contribution is -2.55. The number of aromatic amines is 1. The summed E-state index contributed by atoms with van der Waals surface area (Å²) in [6, 6.07) is 3.88. The lowest BCUT2D eigenvalue weighted by atomic mass is 9.81. The molecule has 3 heterocycles. The van der Waals surface area contributed by atoms with E-state index in [2.05, 4.69) is 25.3 Å². The first kappa shape index (κ1) is 16.2. The first-order chi connectivity index (χ1) is 11.5. The quantitative estimate of drug-likeness (QED) is 0.814. The van der Waals surface area contributed by atoms with Crippen LogP contribution in [-0.2, 0) is 4.79 Å². The maximum Gasteiger partial charge on any atom is 0.241 e. The minimum atomic E-state index is -0.528. The highest BCUT2D eigenvalue weighted by atomic mass is 16.2. The van der Waals surface area contributed by atoms with E-state index < -0.39 is 5.41 Å². The number of hydrogen-bond acceptors (Lipinski definition) is 6. The zero-order valence-electron chi connectivity index (χ0n) is 13.9. The number of hydrazine groups is 1. The van der Waals surface area contributed by atoms with Gasteiger partial charge in [0.25, 0.3) is 0 Å². The van der Waals surface area contributed by atoms with E-state index >= 15 is 0 Å². The van der Waals surface area contributed by atoms with Crippen LogP contribution >= 0.6 is 0 Å². The van der Waals surface area contributed by atoms with E-state index in [1.807, 2.05) is 37.3 Å². The van der Waals surface area contributed by atoms with Gasteiger partial charge in [0.05, 0.1) is 11.5 Å². The molecule has 1 amide bonds. The van der Waals surface area contributed by atoms with Crippen LogP contribution in [0.3, 0.4) is 0 Å². The lowest BCUT2D eigenvalue weighted by molar-refractivity contribution is -0.133. The van der Waals surface area contributed by atoms with Crippen molar-refractivity contribution in [2.24, 2.45) is 5.41 Å². The van der Waals surface area contributed by atoms with Crippen LogP contribution in [0.4, 0.5) is 5.95 Å². The summed E-state index contributed by atoms with van der Waals surface area (Å²) in [6.45, 7) is 3.38. The number of nitriles is 1. The average Bonchev–Trinajstić information content (AvgIpc) is 3.06. The lowest BCUT2D eigenvalue weighted by Gasteiger charge is -2.42. The Kier molecular flexibility index (Phi) is 4.36. The van der Waals surface area contributed by atoms with E-state index in [0.29, 0.717) is 12.5 Å². The number of nitrogens with one attached hydrogen (secondary N) is 2. The zero-order chi connectivity index (χ0) is 17.2. The molecule has 2 N–H and O–H groups in total. The molecule has 1 aliphatic heterocycles. The number of carbonyl (C=O) groups excluding carboxylic acids is 1. The molecule has 0 radical (unpaired) electrons. The van der Waals surface area contributed by atoms with Gasteiger partial charge in [0.2, 0.25) is 11.9 Å². The van der Waals surface area contributed by atoms with E-state index in [4.69, 9.17) is 5.26 Å². The van der Waals surface area contributed by atoms with Gasteiger partial charge < -0.3 is 10.3 Å². The van der Waals surface area contributed by atoms with Crippen LogP contribution in [0.15, 0.2) is 18.5 Å². The van der Waals surface area contributed by atoms with Gasteiger partial charge in [0.15, 0.2) is 0 Å². The Morgan fingerprint density at radius 3 is 3.25 bits per heavy atom. The zero-order valence-corrected chi connectivity index (χ0v) is 13.9. The Morgan fingerprint density at radius 1 is 1.62 bits per heavy atom. The van der Waals surface area contributed by atoms with Gasteiger partial charge in [0, 0.05) is 37.9 Å². The van der Waals surface area contributed by atoms with Gasteiger partial charge in [-0.1, -0.05) is 0 Å². The predicted molar refractivity (Wildman–Crippen MR) is 89.8 cm³/mol. The van der Waals surface area contributed by atoms with E-state index in [1.54, 1.807) is 6.20 Å². The molecule has 1 aliphatic rings. The van der Waals surface area contributed by atoms with E-state index in [0.717, 1.165) is 30.4 Å². The van der Waals surface area contributed by atoms with Crippen molar-refractivity contribution >= 4 is 22.9 Å². The molecule has 2 aromatic rings. The summed E-state index contributed by atoms with van der Waals surface area (Å²) in [6.07, 6.45) is 5.31. The summed E-state index contributed by atoms with van der Waals surface area (Å²) in [5.41, 5.74) is 0.262. The number of fused-ring (bicyclic) bond motifs is 1. The smallest absolute Gasteiger partial charge is 0.241 e. The molecule has 126 valence electrons. The maximum atomic E-state index is 12.4. The molecule has 0 aromatic carbocycles. The molecule has 0 saturated carbocycles. The third-order valence-electron chi connectivity index (χ3n) is 4.55. The van der Waals surface area contributed by atoms with E-state index in [1.165, 1.54) is 0 Å². The van der Waals surface area contributed by atoms with Crippen LogP contribution in [0.2, 0.25) is 0 Å². The van der Waals surface area contributed by atoms with Crippen molar-refractivity contribution < 1.29 is 4.79 Å². The summed E-state index contributed by atoms with van der Waals surface area (Å²) in [5, 5.41) is 16.3. The van der Waals surface area contributed by atoms with Gasteiger partial charge in [-0.2, -0.15) is 10.2 Å². The van der Waals surface area contributed by atoms with Crippen molar-refractivity contribution in [3.05, 3.63) is 18.5 Å². The molecule has 0 bridgehead atoms. The van der Waals surface area contributed by atoms with Gasteiger partial charge in [0.1, 0.15) is 12.2 Å². The van der Waals surface area contributed by atoms with Crippen molar-refractivity contribution in [2.45, 2.75) is 19.8 Å². The maximum absolute atomic E-state index is 12.4. The fraction of sp³-hybridized carbons (Fsp3) is 0.500. The van der Waals surface area contributed by atoms with Crippen LogP contribution in [-0.4, -0.2) is 52.5 Å². The topological polar surface area (TPSA) is 101 Å². The third kappa shape index (κ3) is 3.03. The van der Waals surface area contributed by atoms with Crippen molar-refractivity contribution in [3.63, 3.8) is 0 Å². The Morgan fingerprint density at radius 2 is 2.46 bits per heavy atom. The standard InChI is InChI=1S/C16H21N7O/c1-16(14(24)19-8-6-17)5-3-9-23(11-16)22(2)15-20-10-12-4-7-18-13(12)21-15/h4,7,10H,3,5,8-9,11H2,1-2H3,(H,19,24)(H,18,20,21).